The van der Waals surface area contributed by atoms with E-state index in [4.69, 9.17) is 5.73 Å². The molecule has 124 valence electrons. The fourth-order valence-electron chi connectivity index (χ4n) is 1.25. The summed E-state index contributed by atoms with van der Waals surface area (Å²) < 4.78 is 51.2. The minimum Gasteiger partial charge on any atom is -0.325 e. The number of unbranched alkanes of at least 4 members (excludes halogenated alkanes) is 3. The summed E-state index contributed by atoms with van der Waals surface area (Å²) in [5.74, 6) is 0.648. The van der Waals surface area contributed by atoms with Crippen LogP contribution in [-0.2, 0) is 10.0 Å². The number of nitrogens with two attached hydrogens (primary N) is 2. The number of alkyl halides is 3. The molecule has 0 bridgehead atoms. The second-order valence-electron chi connectivity index (χ2n) is 5.56. The van der Waals surface area contributed by atoms with Crippen LogP contribution in [0.1, 0.15) is 59.8 Å². The summed E-state index contributed by atoms with van der Waals surface area (Å²) in [4.78, 5) is 0. The van der Waals surface area contributed by atoms with Gasteiger partial charge in [0.05, 0.1) is 0 Å². The minimum absolute atomic E-state index is 0.00617. The first-order valence-corrected chi connectivity index (χ1v) is 8.16. The molecule has 4 N–H and O–H groups in total. The molecule has 0 aliphatic heterocycles. The summed E-state index contributed by atoms with van der Waals surface area (Å²) >= 11 is 0. The number of sulfonamides is 1. The summed E-state index contributed by atoms with van der Waals surface area (Å²) in [6.45, 7) is 8.75. The molecule has 0 saturated heterocycles. The zero-order valence-corrected chi connectivity index (χ0v) is 13.4. The molecule has 0 radical (unpaired) electrons. The highest BCUT2D eigenvalue weighted by Gasteiger charge is 2.42. The Labute approximate surface area is 120 Å². The molecule has 1 unspecified atom stereocenters. The van der Waals surface area contributed by atoms with Crippen LogP contribution in [0, 0.1) is 5.92 Å². The lowest BCUT2D eigenvalue weighted by atomic mass is 9.86. The number of rotatable bonds is 6. The number of halogens is 3. The van der Waals surface area contributed by atoms with Crippen molar-refractivity contribution in [3.05, 3.63) is 0 Å². The van der Waals surface area contributed by atoms with E-state index < -0.39 is 15.5 Å². The van der Waals surface area contributed by atoms with Gasteiger partial charge in [-0.3, -0.25) is 0 Å². The molecule has 0 saturated carbocycles. The largest absolute Gasteiger partial charge is 0.511 e. The topological polar surface area (TPSA) is 86.2 Å². The Balaban J connectivity index is 0. The average molecular weight is 320 g/mol. The summed E-state index contributed by atoms with van der Waals surface area (Å²) in [6.07, 6.45) is 6.69. The highest BCUT2D eigenvalue weighted by atomic mass is 32.2. The van der Waals surface area contributed by atoms with Crippen LogP contribution in [0.2, 0.25) is 0 Å². The Bertz CT molecular complexity index is 349. The Morgan fingerprint density at radius 1 is 1.10 bits per heavy atom. The van der Waals surface area contributed by atoms with Crippen LogP contribution < -0.4 is 10.9 Å². The predicted molar refractivity (Wildman–Crippen MR) is 75.4 cm³/mol. The maximum atomic E-state index is 10.8. The smallest absolute Gasteiger partial charge is 0.325 e. The molecule has 0 heterocycles. The summed E-state index contributed by atoms with van der Waals surface area (Å²) in [7, 11) is -5.34. The third kappa shape index (κ3) is 11.5. The van der Waals surface area contributed by atoms with Gasteiger partial charge in [-0.25, -0.2) is 13.6 Å². The molecule has 0 fully saturated rings. The monoisotopic (exact) mass is 320 g/mol. The first kappa shape index (κ1) is 21.9. The van der Waals surface area contributed by atoms with Gasteiger partial charge >= 0.3 is 15.5 Å². The highest BCUT2D eigenvalue weighted by molar-refractivity contribution is 7.90. The second-order valence-corrected chi connectivity index (χ2v) is 7.12. The summed E-state index contributed by atoms with van der Waals surface area (Å²) in [5.41, 5.74) is 0.687. The van der Waals surface area contributed by atoms with Crippen molar-refractivity contribution < 1.29 is 21.6 Å². The molecular weight excluding hydrogens is 293 g/mol. The molecule has 8 heteroatoms. The molecule has 0 amide bonds. The van der Waals surface area contributed by atoms with Crippen molar-refractivity contribution in [1.82, 2.24) is 0 Å². The van der Waals surface area contributed by atoms with E-state index in [-0.39, 0.29) is 5.54 Å². The van der Waals surface area contributed by atoms with E-state index in [2.05, 4.69) is 32.8 Å². The van der Waals surface area contributed by atoms with Gasteiger partial charge in [0.25, 0.3) is 0 Å². The first-order chi connectivity index (χ1) is 8.73. The van der Waals surface area contributed by atoms with Crippen LogP contribution in [-0.4, -0.2) is 19.5 Å². The van der Waals surface area contributed by atoms with Crippen molar-refractivity contribution in [2.75, 3.05) is 0 Å². The Morgan fingerprint density at radius 3 is 1.75 bits per heavy atom. The zero-order chi connectivity index (χ0) is 16.6. The van der Waals surface area contributed by atoms with E-state index in [9.17, 15) is 21.6 Å². The van der Waals surface area contributed by atoms with Gasteiger partial charge in [-0.15, -0.1) is 0 Å². The molecule has 0 aliphatic rings. The van der Waals surface area contributed by atoms with Gasteiger partial charge in [-0.2, -0.15) is 13.2 Å². The Morgan fingerprint density at radius 2 is 1.50 bits per heavy atom. The SMILES string of the molecule is CCCCCCC(C)C(C)(C)N.NS(=O)(=O)C(F)(F)F. The molecule has 0 aromatic rings. The zero-order valence-electron chi connectivity index (χ0n) is 12.6. The van der Waals surface area contributed by atoms with Gasteiger partial charge in [-0.1, -0.05) is 39.5 Å². The standard InChI is InChI=1S/C11H25N.CH2F3NO2S/c1-5-6-7-8-9-10(2)11(3,4)12;2-1(3,4)8(5,6)7/h10H,5-9,12H2,1-4H3;(H2,5,6,7). The minimum atomic E-state index is -5.34. The molecule has 4 nitrogen and oxygen atoms in total. The average Bonchev–Trinajstić information content (AvgIpc) is 2.20. The molecule has 0 aromatic carbocycles. The van der Waals surface area contributed by atoms with Crippen LogP contribution in [0.3, 0.4) is 0 Å². The normalized spacial score (nSPS) is 14.4. The van der Waals surface area contributed by atoms with Crippen molar-refractivity contribution in [2.24, 2.45) is 16.8 Å². The van der Waals surface area contributed by atoms with Crippen LogP contribution in [0.5, 0.6) is 0 Å². The third-order valence-electron chi connectivity index (χ3n) is 3.08. The third-order valence-corrected chi connectivity index (χ3v) is 3.73. The molecule has 0 rings (SSSR count). The second kappa shape index (κ2) is 8.84. The molecule has 0 spiro atoms. The predicted octanol–water partition coefficient (Wildman–Crippen LogP) is 3.12. The molecule has 0 aliphatic carbocycles. The lowest BCUT2D eigenvalue weighted by Gasteiger charge is -2.27. The van der Waals surface area contributed by atoms with Crippen molar-refractivity contribution in [1.29, 1.82) is 0 Å². The van der Waals surface area contributed by atoms with Gasteiger partial charge in [-0.05, 0) is 26.2 Å². The number of primary sulfonamides is 1. The maximum absolute atomic E-state index is 10.8. The van der Waals surface area contributed by atoms with Crippen molar-refractivity contribution in [3.8, 4) is 0 Å². The van der Waals surface area contributed by atoms with Gasteiger partial charge in [0.2, 0.25) is 0 Å². The molecule has 20 heavy (non-hydrogen) atoms. The van der Waals surface area contributed by atoms with Crippen LogP contribution >= 0.6 is 0 Å². The van der Waals surface area contributed by atoms with Crippen LogP contribution in [0.4, 0.5) is 13.2 Å². The Hall–Kier alpha value is -0.340. The Kier molecular flexibility index (Phi) is 9.70. The van der Waals surface area contributed by atoms with Crippen molar-refractivity contribution in [2.45, 2.75) is 70.8 Å². The van der Waals surface area contributed by atoms with E-state index in [0.717, 1.165) is 0 Å². The molecule has 0 aromatic heterocycles. The fourth-order valence-corrected chi connectivity index (χ4v) is 1.25. The lowest BCUT2D eigenvalue weighted by molar-refractivity contribution is -0.0436. The maximum Gasteiger partial charge on any atom is 0.511 e. The first-order valence-electron chi connectivity index (χ1n) is 6.61. The van der Waals surface area contributed by atoms with Gasteiger partial charge in [0.15, 0.2) is 0 Å². The van der Waals surface area contributed by atoms with E-state index in [1.807, 2.05) is 0 Å². The van der Waals surface area contributed by atoms with Crippen LogP contribution in [0.15, 0.2) is 0 Å². The quantitative estimate of drug-likeness (QED) is 0.737. The van der Waals surface area contributed by atoms with Gasteiger partial charge in [0.1, 0.15) is 0 Å². The highest BCUT2D eigenvalue weighted by Crippen LogP contribution is 2.20. The molecular formula is C12H27F3N2O2S. The van der Waals surface area contributed by atoms with Crippen molar-refractivity contribution in [3.63, 3.8) is 0 Å². The van der Waals surface area contributed by atoms with E-state index >= 15 is 0 Å². The van der Waals surface area contributed by atoms with E-state index in [1.54, 1.807) is 0 Å². The van der Waals surface area contributed by atoms with E-state index in [1.165, 1.54) is 32.1 Å². The van der Waals surface area contributed by atoms with Gasteiger partial charge in [0, 0.05) is 5.54 Å². The van der Waals surface area contributed by atoms with Crippen LogP contribution in [0.25, 0.3) is 0 Å². The molecule has 1 atom stereocenters. The summed E-state index contributed by atoms with van der Waals surface area (Å²) in [5, 5.41) is 3.66. The van der Waals surface area contributed by atoms with Gasteiger partial charge < -0.3 is 5.73 Å². The lowest BCUT2D eigenvalue weighted by Crippen LogP contribution is -2.39. The number of hydrogen-bond donors (Lipinski definition) is 2. The van der Waals surface area contributed by atoms with E-state index in [0.29, 0.717) is 5.92 Å². The fraction of sp³-hybridized carbons (Fsp3) is 1.00. The van der Waals surface area contributed by atoms with Crippen molar-refractivity contribution >= 4 is 10.0 Å². The summed E-state index contributed by atoms with van der Waals surface area (Å²) in [6, 6.07) is 0. The number of hydrogen-bond acceptors (Lipinski definition) is 3.